The highest BCUT2D eigenvalue weighted by Gasteiger charge is 2.42. The van der Waals surface area contributed by atoms with E-state index < -0.39 is 0 Å². The number of nitrogens with zero attached hydrogens (tertiary/aromatic N) is 1. The minimum Gasteiger partial charge on any atom is -0.367 e. The van der Waals surface area contributed by atoms with Gasteiger partial charge in [-0.25, -0.2) is 0 Å². The van der Waals surface area contributed by atoms with Crippen molar-refractivity contribution in [2.75, 3.05) is 19.6 Å². The van der Waals surface area contributed by atoms with Crippen LogP contribution in [-0.2, 0) is 4.74 Å². The molecule has 0 amide bonds. The molecule has 0 spiro atoms. The summed E-state index contributed by atoms with van der Waals surface area (Å²) in [7, 11) is 0. The Balaban J connectivity index is 2.13. The van der Waals surface area contributed by atoms with Gasteiger partial charge in [0.2, 0.25) is 0 Å². The minimum atomic E-state index is -0.0408. The maximum Gasteiger partial charge on any atom is 0.0760 e. The number of nitrogens with one attached hydrogen (secondary N) is 1. The molecule has 1 aliphatic heterocycles. The molecule has 1 heterocycles. The molecule has 0 radical (unpaired) electrons. The molecule has 1 N–H and O–H groups in total. The van der Waals surface area contributed by atoms with Gasteiger partial charge in [-0.15, -0.1) is 0 Å². The maximum absolute atomic E-state index is 6.27. The van der Waals surface area contributed by atoms with Gasteiger partial charge in [0.25, 0.3) is 0 Å². The topological polar surface area (TPSA) is 24.5 Å². The molecule has 2 aliphatic rings. The summed E-state index contributed by atoms with van der Waals surface area (Å²) < 4.78 is 6.27. The maximum atomic E-state index is 6.27. The summed E-state index contributed by atoms with van der Waals surface area (Å²) in [6.07, 6.45) is 8.25. The van der Waals surface area contributed by atoms with Crippen LogP contribution in [0.25, 0.3) is 0 Å². The first kappa shape index (κ1) is 17.2. The fourth-order valence-corrected chi connectivity index (χ4v) is 4.48. The van der Waals surface area contributed by atoms with Crippen molar-refractivity contribution in [2.45, 2.75) is 96.4 Å². The van der Waals surface area contributed by atoms with Crippen LogP contribution in [0.3, 0.4) is 0 Å². The minimum absolute atomic E-state index is 0.0408. The van der Waals surface area contributed by atoms with Gasteiger partial charge in [-0.05, 0) is 47.1 Å². The summed E-state index contributed by atoms with van der Waals surface area (Å²) in [6.45, 7) is 14.4. The molecule has 0 aromatic heterocycles. The zero-order valence-corrected chi connectivity index (χ0v) is 14.9. The summed E-state index contributed by atoms with van der Waals surface area (Å²) in [5.41, 5.74) is -0.0816. The lowest BCUT2D eigenvalue weighted by Crippen LogP contribution is -2.63. The molecular formula is C18H36N2O. The summed E-state index contributed by atoms with van der Waals surface area (Å²) in [5, 5.41) is 3.77. The summed E-state index contributed by atoms with van der Waals surface area (Å²) >= 11 is 0. The molecule has 2 rings (SSSR count). The molecule has 124 valence electrons. The van der Waals surface area contributed by atoms with Crippen LogP contribution in [0.1, 0.15) is 73.1 Å². The average molecular weight is 296 g/mol. The van der Waals surface area contributed by atoms with Crippen molar-refractivity contribution in [3.63, 3.8) is 0 Å². The van der Waals surface area contributed by atoms with Crippen LogP contribution >= 0.6 is 0 Å². The second kappa shape index (κ2) is 6.97. The molecular weight excluding hydrogens is 260 g/mol. The molecule has 2 atom stereocenters. The SMILES string of the molecule is CCNC1CCCCCCC1N1CC(C)(C)OC(C)(C)C1. The zero-order valence-electron chi connectivity index (χ0n) is 14.9. The normalized spacial score (nSPS) is 34.1. The lowest BCUT2D eigenvalue weighted by molar-refractivity contribution is -0.190. The Bertz CT molecular complexity index is 311. The number of likely N-dealkylation sites (N-methyl/N-ethyl adjacent to an activating group) is 1. The smallest absolute Gasteiger partial charge is 0.0760 e. The van der Waals surface area contributed by atoms with Crippen LogP contribution in [0.15, 0.2) is 0 Å². The van der Waals surface area contributed by atoms with Crippen LogP contribution in [0.4, 0.5) is 0 Å². The van der Waals surface area contributed by atoms with Gasteiger partial charge in [-0.2, -0.15) is 0 Å². The number of ether oxygens (including phenoxy) is 1. The van der Waals surface area contributed by atoms with Crippen molar-refractivity contribution in [1.82, 2.24) is 10.2 Å². The van der Waals surface area contributed by atoms with E-state index in [9.17, 15) is 0 Å². The van der Waals surface area contributed by atoms with E-state index in [0.717, 1.165) is 19.6 Å². The predicted octanol–water partition coefficient (Wildman–Crippen LogP) is 3.58. The summed E-state index contributed by atoms with van der Waals surface area (Å²) in [4.78, 5) is 2.72. The van der Waals surface area contributed by atoms with Crippen LogP contribution in [-0.4, -0.2) is 47.8 Å². The van der Waals surface area contributed by atoms with Crippen LogP contribution in [0.5, 0.6) is 0 Å². The molecule has 1 saturated carbocycles. The standard InChI is InChI=1S/C18H36N2O/c1-6-19-15-11-9-7-8-10-12-16(15)20-13-17(2,3)21-18(4,5)14-20/h15-16,19H,6-14H2,1-5H3. The highest BCUT2D eigenvalue weighted by atomic mass is 16.5. The van der Waals surface area contributed by atoms with E-state index in [-0.39, 0.29) is 11.2 Å². The number of morpholine rings is 1. The van der Waals surface area contributed by atoms with Crippen LogP contribution in [0.2, 0.25) is 0 Å². The molecule has 0 aromatic rings. The first-order valence-corrected chi connectivity index (χ1v) is 9.01. The fraction of sp³-hybridized carbons (Fsp3) is 1.00. The van der Waals surface area contributed by atoms with Gasteiger partial charge in [0.15, 0.2) is 0 Å². The molecule has 3 nitrogen and oxygen atoms in total. The molecule has 2 unspecified atom stereocenters. The van der Waals surface area contributed by atoms with Gasteiger partial charge in [-0.1, -0.05) is 32.6 Å². The van der Waals surface area contributed by atoms with E-state index in [1.807, 2.05) is 0 Å². The van der Waals surface area contributed by atoms with E-state index in [0.29, 0.717) is 12.1 Å². The van der Waals surface area contributed by atoms with Crippen molar-refractivity contribution >= 4 is 0 Å². The Labute approximate surface area is 131 Å². The molecule has 2 fully saturated rings. The van der Waals surface area contributed by atoms with Crippen LogP contribution < -0.4 is 5.32 Å². The van der Waals surface area contributed by atoms with E-state index in [1.54, 1.807) is 0 Å². The molecule has 3 heteroatoms. The first-order valence-electron chi connectivity index (χ1n) is 9.01. The lowest BCUT2D eigenvalue weighted by atomic mass is 9.88. The summed E-state index contributed by atoms with van der Waals surface area (Å²) in [5.74, 6) is 0. The van der Waals surface area contributed by atoms with Crippen molar-refractivity contribution in [3.8, 4) is 0 Å². The monoisotopic (exact) mass is 296 g/mol. The van der Waals surface area contributed by atoms with Crippen LogP contribution in [0, 0.1) is 0 Å². The van der Waals surface area contributed by atoms with Gasteiger partial charge in [0, 0.05) is 25.2 Å². The zero-order chi connectivity index (χ0) is 15.5. The van der Waals surface area contributed by atoms with Gasteiger partial charge >= 0.3 is 0 Å². The second-order valence-corrected chi connectivity index (χ2v) is 8.25. The Kier molecular flexibility index (Phi) is 5.72. The Morgan fingerprint density at radius 3 is 2.10 bits per heavy atom. The Hall–Kier alpha value is -0.120. The highest BCUT2D eigenvalue weighted by molar-refractivity contribution is 4.95. The molecule has 0 aromatic carbocycles. The molecule has 21 heavy (non-hydrogen) atoms. The van der Waals surface area contributed by atoms with Gasteiger partial charge < -0.3 is 10.1 Å². The second-order valence-electron chi connectivity index (χ2n) is 8.25. The van der Waals surface area contributed by atoms with Crippen molar-refractivity contribution in [1.29, 1.82) is 0 Å². The van der Waals surface area contributed by atoms with E-state index in [1.165, 1.54) is 38.5 Å². The first-order chi connectivity index (χ1) is 9.83. The molecule has 1 aliphatic carbocycles. The third kappa shape index (κ3) is 4.94. The molecule has 0 bridgehead atoms. The predicted molar refractivity (Wildman–Crippen MR) is 89.8 cm³/mol. The lowest BCUT2D eigenvalue weighted by Gasteiger charge is -2.51. The van der Waals surface area contributed by atoms with Gasteiger partial charge in [0.05, 0.1) is 11.2 Å². The third-order valence-electron chi connectivity index (χ3n) is 4.89. The van der Waals surface area contributed by atoms with Gasteiger partial charge in [0.1, 0.15) is 0 Å². The largest absolute Gasteiger partial charge is 0.367 e. The van der Waals surface area contributed by atoms with E-state index in [4.69, 9.17) is 4.74 Å². The fourth-order valence-electron chi connectivity index (χ4n) is 4.48. The van der Waals surface area contributed by atoms with Crippen molar-refractivity contribution < 1.29 is 4.74 Å². The third-order valence-corrected chi connectivity index (χ3v) is 4.89. The Morgan fingerprint density at radius 2 is 1.52 bits per heavy atom. The van der Waals surface area contributed by atoms with E-state index in [2.05, 4.69) is 44.8 Å². The molecule has 1 saturated heterocycles. The summed E-state index contributed by atoms with van der Waals surface area (Å²) in [6, 6.07) is 1.33. The number of hydrogen-bond donors (Lipinski definition) is 1. The highest BCUT2D eigenvalue weighted by Crippen LogP contribution is 2.32. The average Bonchev–Trinajstić information content (AvgIpc) is 2.28. The number of hydrogen-bond acceptors (Lipinski definition) is 3. The quantitative estimate of drug-likeness (QED) is 0.861. The van der Waals surface area contributed by atoms with Crippen molar-refractivity contribution in [3.05, 3.63) is 0 Å². The van der Waals surface area contributed by atoms with Crippen molar-refractivity contribution in [2.24, 2.45) is 0 Å². The number of rotatable bonds is 3. The van der Waals surface area contributed by atoms with Gasteiger partial charge in [-0.3, -0.25) is 4.90 Å². The van der Waals surface area contributed by atoms with E-state index >= 15 is 0 Å². The Morgan fingerprint density at radius 1 is 0.952 bits per heavy atom.